The first kappa shape index (κ1) is 15.4. The Morgan fingerprint density at radius 2 is 2.10 bits per heavy atom. The van der Waals surface area contributed by atoms with E-state index in [1.807, 2.05) is 5.38 Å². The minimum Gasteiger partial charge on any atom is -0.380 e. The summed E-state index contributed by atoms with van der Waals surface area (Å²) in [4.78, 5) is 1.29. The summed E-state index contributed by atoms with van der Waals surface area (Å²) in [5.41, 5.74) is 0. The number of nitrogens with one attached hydrogen (secondary N) is 2. The first-order valence-corrected chi connectivity index (χ1v) is 9.88. The Morgan fingerprint density at radius 3 is 2.81 bits per heavy atom. The van der Waals surface area contributed by atoms with Gasteiger partial charge in [-0.1, -0.05) is 0 Å². The first-order chi connectivity index (χ1) is 10.1. The van der Waals surface area contributed by atoms with Gasteiger partial charge < -0.3 is 10.1 Å². The molecule has 0 bridgehead atoms. The monoisotopic (exact) mass is 330 g/mol. The lowest BCUT2D eigenvalue weighted by molar-refractivity contribution is 0.129. The SMILES string of the molecule is O=S(=O)(NCCOCC1CC1)c1ccsc1CNC1CC1. The summed E-state index contributed by atoms with van der Waals surface area (Å²) in [6, 6.07) is 2.26. The van der Waals surface area contributed by atoms with Crippen molar-refractivity contribution in [2.45, 2.75) is 43.2 Å². The van der Waals surface area contributed by atoms with Gasteiger partial charge in [-0.3, -0.25) is 0 Å². The maximum atomic E-state index is 12.3. The zero-order chi connectivity index (χ0) is 14.7. The van der Waals surface area contributed by atoms with E-state index in [0.717, 1.165) is 11.5 Å². The van der Waals surface area contributed by atoms with Gasteiger partial charge in [0.25, 0.3) is 0 Å². The van der Waals surface area contributed by atoms with Crippen LogP contribution in [0.15, 0.2) is 16.3 Å². The number of sulfonamides is 1. The van der Waals surface area contributed by atoms with Crippen molar-refractivity contribution in [3.8, 4) is 0 Å². The van der Waals surface area contributed by atoms with Gasteiger partial charge >= 0.3 is 0 Å². The van der Waals surface area contributed by atoms with E-state index >= 15 is 0 Å². The minimum absolute atomic E-state index is 0.334. The van der Waals surface area contributed by atoms with Gasteiger partial charge in [-0.15, -0.1) is 11.3 Å². The van der Waals surface area contributed by atoms with Gasteiger partial charge in [0, 0.05) is 30.6 Å². The lowest BCUT2D eigenvalue weighted by atomic mass is 10.4. The summed E-state index contributed by atoms with van der Waals surface area (Å²) in [6.07, 6.45) is 4.89. The quantitative estimate of drug-likeness (QED) is 0.641. The fraction of sp³-hybridized carbons (Fsp3) is 0.714. The summed E-state index contributed by atoms with van der Waals surface area (Å²) < 4.78 is 32.7. The van der Waals surface area contributed by atoms with Gasteiger partial charge in [-0.25, -0.2) is 13.1 Å². The molecule has 5 nitrogen and oxygen atoms in total. The lowest BCUT2D eigenvalue weighted by Crippen LogP contribution is -2.28. The van der Waals surface area contributed by atoms with E-state index in [0.29, 0.717) is 36.6 Å². The van der Waals surface area contributed by atoms with Crippen molar-refractivity contribution < 1.29 is 13.2 Å². The Balaban J connectivity index is 1.47. The maximum Gasteiger partial charge on any atom is 0.241 e. The third-order valence-corrected chi connectivity index (χ3v) is 6.31. The van der Waals surface area contributed by atoms with Crippen LogP contribution in [0.4, 0.5) is 0 Å². The fourth-order valence-electron chi connectivity index (χ4n) is 2.08. The van der Waals surface area contributed by atoms with Crippen LogP contribution in [0.1, 0.15) is 30.6 Å². The van der Waals surface area contributed by atoms with Crippen LogP contribution in [0.25, 0.3) is 0 Å². The third kappa shape index (κ3) is 4.75. The average molecular weight is 330 g/mol. The predicted molar refractivity (Wildman–Crippen MR) is 82.9 cm³/mol. The molecule has 0 aromatic carbocycles. The summed E-state index contributed by atoms with van der Waals surface area (Å²) in [7, 11) is -3.42. The molecule has 0 radical (unpaired) electrons. The summed E-state index contributed by atoms with van der Waals surface area (Å²) in [5, 5.41) is 5.20. The molecule has 1 heterocycles. The molecule has 0 amide bonds. The molecule has 21 heavy (non-hydrogen) atoms. The van der Waals surface area contributed by atoms with E-state index in [1.165, 1.54) is 37.0 Å². The molecule has 0 spiro atoms. The van der Waals surface area contributed by atoms with Crippen molar-refractivity contribution in [2.24, 2.45) is 5.92 Å². The second-order valence-electron chi connectivity index (χ2n) is 5.78. The topological polar surface area (TPSA) is 67.4 Å². The average Bonchev–Trinajstić information content (AvgIpc) is 3.37. The largest absolute Gasteiger partial charge is 0.380 e. The van der Waals surface area contributed by atoms with Crippen LogP contribution < -0.4 is 10.0 Å². The molecule has 7 heteroatoms. The highest BCUT2D eigenvalue weighted by molar-refractivity contribution is 7.89. The highest BCUT2D eigenvalue weighted by Crippen LogP contribution is 2.28. The smallest absolute Gasteiger partial charge is 0.241 e. The molecule has 2 aliphatic carbocycles. The van der Waals surface area contributed by atoms with Gasteiger partial charge in [0.1, 0.15) is 0 Å². The van der Waals surface area contributed by atoms with Crippen molar-refractivity contribution in [1.82, 2.24) is 10.0 Å². The molecular formula is C14H22N2O3S2. The third-order valence-electron chi connectivity index (χ3n) is 3.71. The normalized spacial score (nSPS) is 19.0. The summed E-state index contributed by atoms with van der Waals surface area (Å²) in [6.45, 7) is 2.17. The molecule has 2 aliphatic rings. The lowest BCUT2D eigenvalue weighted by Gasteiger charge is -2.08. The van der Waals surface area contributed by atoms with Crippen LogP contribution in [-0.4, -0.2) is 34.2 Å². The number of ether oxygens (including phenoxy) is 1. The van der Waals surface area contributed by atoms with E-state index in [4.69, 9.17) is 4.74 Å². The first-order valence-electron chi connectivity index (χ1n) is 7.52. The fourth-order valence-corrected chi connectivity index (χ4v) is 4.49. The maximum absolute atomic E-state index is 12.3. The molecule has 2 N–H and O–H groups in total. The van der Waals surface area contributed by atoms with E-state index in [1.54, 1.807) is 6.07 Å². The molecular weight excluding hydrogens is 308 g/mol. The number of hydrogen-bond donors (Lipinski definition) is 2. The molecule has 0 unspecified atom stereocenters. The van der Waals surface area contributed by atoms with Crippen molar-refractivity contribution in [1.29, 1.82) is 0 Å². The number of hydrogen-bond acceptors (Lipinski definition) is 5. The molecule has 1 aromatic heterocycles. The molecule has 0 saturated heterocycles. The van der Waals surface area contributed by atoms with E-state index in [9.17, 15) is 8.42 Å². The molecule has 1 aromatic rings. The standard InChI is InChI=1S/C14H22N2O3S2/c17-21(18,16-6-7-19-10-11-1-2-11)14-5-8-20-13(14)9-15-12-3-4-12/h5,8,11-12,15-16H,1-4,6-7,9-10H2. The van der Waals surface area contributed by atoms with Crippen molar-refractivity contribution >= 4 is 21.4 Å². The molecule has 2 saturated carbocycles. The Labute approximate surface area is 130 Å². The highest BCUT2D eigenvalue weighted by Gasteiger charge is 2.24. The Bertz CT molecular complexity index is 563. The zero-order valence-corrected chi connectivity index (χ0v) is 13.6. The molecule has 118 valence electrons. The van der Waals surface area contributed by atoms with Crippen LogP contribution in [0, 0.1) is 5.92 Å². The van der Waals surface area contributed by atoms with Crippen LogP contribution in [0.5, 0.6) is 0 Å². The number of rotatable bonds is 10. The predicted octanol–water partition coefficient (Wildman–Crippen LogP) is 1.70. The minimum atomic E-state index is -3.42. The number of thiophene rings is 1. The van der Waals surface area contributed by atoms with Crippen molar-refractivity contribution in [2.75, 3.05) is 19.8 Å². The molecule has 3 rings (SSSR count). The van der Waals surface area contributed by atoms with Crippen LogP contribution >= 0.6 is 11.3 Å². The Kier molecular flexibility index (Phi) is 4.96. The van der Waals surface area contributed by atoms with Gasteiger partial charge in [0.15, 0.2) is 0 Å². The second-order valence-corrected chi connectivity index (χ2v) is 8.52. The van der Waals surface area contributed by atoms with E-state index < -0.39 is 10.0 Å². The van der Waals surface area contributed by atoms with E-state index in [-0.39, 0.29) is 0 Å². The Hall–Kier alpha value is -0.470. The van der Waals surface area contributed by atoms with Crippen LogP contribution in [0.3, 0.4) is 0 Å². The Morgan fingerprint density at radius 1 is 1.29 bits per heavy atom. The second kappa shape index (κ2) is 6.75. The summed E-state index contributed by atoms with van der Waals surface area (Å²) >= 11 is 1.49. The van der Waals surface area contributed by atoms with E-state index in [2.05, 4.69) is 10.0 Å². The van der Waals surface area contributed by atoms with Crippen molar-refractivity contribution in [3.63, 3.8) is 0 Å². The molecule has 0 aliphatic heterocycles. The zero-order valence-electron chi connectivity index (χ0n) is 12.0. The van der Waals surface area contributed by atoms with Crippen LogP contribution in [-0.2, 0) is 21.3 Å². The van der Waals surface area contributed by atoms with Gasteiger partial charge in [0.2, 0.25) is 10.0 Å². The van der Waals surface area contributed by atoms with Crippen LogP contribution in [0.2, 0.25) is 0 Å². The molecule has 2 fully saturated rings. The highest BCUT2D eigenvalue weighted by atomic mass is 32.2. The van der Waals surface area contributed by atoms with Gasteiger partial charge in [0.05, 0.1) is 11.5 Å². The summed E-state index contributed by atoms with van der Waals surface area (Å²) in [5.74, 6) is 0.707. The van der Waals surface area contributed by atoms with Gasteiger partial charge in [-0.05, 0) is 43.0 Å². The van der Waals surface area contributed by atoms with Gasteiger partial charge in [-0.2, -0.15) is 0 Å². The molecule has 0 atom stereocenters. The van der Waals surface area contributed by atoms with Crippen molar-refractivity contribution in [3.05, 3.63) is 16.3 Å².